The summed E-state index contributed by atoms with van der Waals surface area (Å²) in [7, 11) is 0. The van der Waals surface area contributed by atoms with Crippen molar-refractivity contribution >= 4 is 11.9 Å². The van der Waals surface area contributed by atoms with E-state index in [0.29, 0.717) is 38.5 Å². The third-order valence-corrected chi connectivity index (χ3v) is 5.44. The quantitative estimate of drug-likeness (QED) is 0.772. The zero-order valence-corrected chi connectivity index (χ0v) is 15.8. The number of rotatable bonds is 5. The highest BCUT2D eigenvalue weighted by Gasteiger charge is 2.37. The summed E-state index contributed by atoms with van der Waals surface area (Å²) in [4.78, 5) is 18.8. The van der Waals surface area contributed by atoms with E-state index in [0.717, 1.165) is 50.3 Å². The maximum absolute atomic E-state index is 5.77. The maximum atomic E-state index is 5.77. The number of anilines is 2. The van der Waals surface area contributed by atoms with E-state index in [1.807, 2.05) is 13.8 Å². The number of piperidine rings is 1. The van der Waals surface area contributed by atoms with Gasteiger partial charge in [-0.15, -0.1) is 0 Å². The molecular weight excluding hydrogens is 334 g/mol. The Bertz CT molecular complexity index is 594. The Morgan fingerprint density at radius 3 is 2.58 bits per heavy atom. The number of ether oxygens (including phenoxy) is 3. The Kier molecular flexibility index (Phi) is 5.52. The molecule has 144 valence electrons. The van der Waals surface area contributed by atoms with E-state index >= 15 is 0 Å². The summed E-state index contributed by atoms with van der Waals surface area (Å²) >= 11 is 0. The highest BCUT2D eigenvalue weighted by molar-refractivity contribution is 5.43. The molecule has 0 radical (unpaired) electrons. The number of fused-ring (bicyclic) bond motifs is 2. The molecule has 0 aliphatic carbocycles. The molecule has 0 N–H and O–H groups in total. The smallest absolute Gasteiger partial charge is 0.231 e. The van der Waals surface area contributed by atoms with Crippen LogP contribution in [0, 0.1) is 6.92 Å². The molecule has 3 unspecified atom stereocenters. The van der Waals surface area contributed by atoms with Crippen molar-refractivity contribution in [3.63, 3.8) is 0 Å². The van der Waals surface area contributed by atoms with Crippen LogP contribution in [0.25, 0.3) is 0 Å². The minimum absolute atomic E-state index is 0.141. The third-order valence-electron chi connectivity index (χ3n) is 5.44. The van der Waals surface area contributed by atoms with E-state index in [2.05, 4.69) is 19.8 Å². The first kappa shape index (κ1) is 17.9. The molecule has 0 amide bonds. The van der Waals surface area contributed by atoms with Gasteiger partial charge in [-0.1, -0.05) is 0 Å². The molecule has 0 aromatic carbocycles. The van der Waals surface area contributed by atoms with E-state index in [1.54, 1.807) is 0 Å². The van der Waals surface area contributed by atoms with Crippen LogP contribution in [0.15, 0.2) is 0 Å². The maximum Gasteiger partial charge on any atom is 0.231 e. The molecule has 8 nitrogen and oxygen atoms in total. The van der Waals surface area contributed by atoms with Gasteiger partial charge in [-0.05, 0) is 33.1 Å². The molecule has 0 saturated carbocycles. The molecule has 3 aliphatic heterocycles. The van der Waals surface area contributed by atoms with E-state index in [4.69, 9.17) is 19.2 Å². The van der Waals surface area contributed by atoms with Crippen molar-refractivity contribution in [2.45, 2.75) is 51.2 Å². The van der Waals surface area contributed by atoms with Gasteiger partial charge in [-0.25, -0.2) is 0 Å². The minimum Gasteiger partial charge on any atom is -0.380 e. The number of hydrogen-bond acceptors (Lipinski definition) is 8. The molecular formula is C18H29N5O3. The van der Waals surface area contributed by atoms with Crippen LogP contribution >= 0.6 is 0 Å². The topological polar surface area (TPSA) is 72.8 Å². The summed E-state index contributed by atoms with van der Waals surface area (Å²) in [6, 6.07) is 0.893. The van der Waals surface area contributed by atoms with Crippen LogP contribution in [-0.2, 0) is 14.2 Å². The van der Waals surface area contributed by atoms with Crippen LogP contribution < -0.4 is 9.80 Å². The predicted octanol–water partition coefficient (Wildman–Crippen LogP) is 1.18. The fourth-order valence-corrected chi connectivity index (χ4v) is 4.17. The Balaban J connectivity index is 1.61. The third kappa shape index (κ3) is 3.63. The largest absolute Gasteiger partial charge is 0.380 e. The van der Waals surface area contributed by atoms with Crippen LogP contribution in [-0.4, -0.2) is 79.3 Å². The Morgan fingerprint density at radius 2 is 1.81 bits per heavy atom. The molecule has 3 aliphatic rings. The molecule has 0 spiro atoms. The molecule has 3 saturated heterocycles. The Hall–Kier alpha value is -1.51. The average molecular weight is 363 g/mol. The summed E-state index contributed by atoms with van der Waals surface area (Å²) in [5.41, 5.74) is 0. The lowest BCUT2D eigenvalue weighted by Crippen LogP contribution is -2.56. The number of aryl methyl sites for hydroxylation is 1. The van der Waals surface area contributed by atoms with Crippen molar-refractivity contribution in [1.29, 1.82) is 0 Å². The zero-order chi connectivity index (χ0) is 17.9. The van der Waals surface area contributed by atoms with Crippen molar-refractivity contribution in [3.8, 4) is 0 Å². The lowest BCUT2D eigenvalue weighted by Gasteiger charge is -2.46. The van der Waals surface area contributed by atoms with Crippen molar-refractivity contribution in [2.24, 2.45) is 0 Å². The Labute approximate surface area is 154 Å². The SMILES string of the molecule is CCOCC1COCCN1c1nc(C)nc(N2C3CCCC2COC3)n1. The van der Waals surface area contributed by atoms with Gasteiger partial charge in [0, 0.05) is 13.2 Å². The lowest BCUT2D eigenvalue weighted by atomic mass is 9.95. The molecule has 3 atom stereocenters. The van der Waals surface area contributed by atoms with Crippen LogP contribution in [0.1, 0.15) is 32.0 Å². The second-order valence-corrected chi connectivity index (χ2v) is 7.25. The van der Waals surface area contributed by atoms with Crippen LogP contribution in [0.4, 0.5) is 11.9 Å². The van der Waals surface area contributed by atoms with Crippen LogP contribution in [0.3, 0.4) is 0 Å². The van der Waals surface area contributed by atoms with Gasteiger partial charge < -0.3 is 24.0 Å². The fourth-order valence-electron chi connectivity index (χ4n) is 4.17. The highest BCUT2D eigenvalue weighted by Crippen LogP contribution is 2.31. The van der Waals surface area contributed by atoms with Crippen LogP contribution in [0.5, 0.6) is 0 Å². The molecule has 3 fully saturated rings. The second-order valence-electron chi connectivity index (χ2n) is 7.25. The summed E-state index contributed by atoms with van der Waals surface area (Å²) < 4.78 is 17.1. The van der Waals surface area contributed by atoms with Gasteiger partial charge in [0.15, 0.2) is 0 Å². The first-order valence-electron chi connectivity index (χ1n) is 9.77. The van der Waals surface area contributed by atoms with Crippen molar-refractivity contribution < 1.29 is 14.2 Å². The van der Waals surface area contributed by atoms with Crippen molar-refractivity contribution in [1.82, 2.24) is 15.0 Å². The van der Waals surface area contributed by atoms with E-state index in [1.165, 1.54) is 6.42 Å². The number of hydrogen-bond donors (Lipinski definition) is 0. The van der Waals surface area contributed by atoms with Crippen molar-refractivity contribution in [3.05, 3.63) is 5.82 Å². The van der Waals surface area contributed by atoms with Gasteiger partial charge in [-0.2, -0.15) is 15.0 Å². The monoisotopic (exact) mass is 363 g/mol. The van der Waals surface area contributed by atoms with Gasteiger partial charge in [0.05, 0.1) is 51.2 Å². The Morgan fingerprint density at radius 1 is 1.04 bits per heavy atom. The lowest BCUT2D eigenvalue weighted by molar-refractivity contribution is 0.0446. The molecule has 26 heavy (non-hydrogen) atoms. The zero-order valence-electron chi connectivity index (χ0n) is 15.8. The fraction of sp³-hybridized carbons (Fsp3) is 0.833. The van der Waals surface area contributed by atoms with E-state index in [9.17, 15) is 0 Å². The minimum atomic E-state index is 0.141. The summed E-state index contributed by atoms with van der Waals surface area (Å²) in [5.74, 6) is 2.30. The van der Waals surface area contributed by atoms with E-state index in [-0.39, 0.29) is 6.04 Å². The molecule has 1 aromatic rings. The normalized spacial score (nSPS) is 29.1. The highest BCUT2D eigenvalue weighted by atomic mass is 16.5. The molecule has 4 rings (SSSR count). The number of morpholine rings is 2. The second kappa shape index (κ2) is 8.02. The van der Waals surface area contributed by atoms with Gasteiger partial charge in [0.2, 0.25) is 11.9 Å². The van der Waals surface area contributed by atoms with Gasteiger partial charge in [0.25, 0.3) is 0 Å². The number of nitrogens with zero attached hydrogens (tertiary/aromatic N) is 5. The van der Waals surface area contributed by atoms with Gasteiger partial charge in [-0.3, -0.25) is 0 Å². The molecule has 2 bridgehead atoms. The predicted molar refractivity (Wildman–Crippen MR) is 97.7 cm³/mol. The molecule has 4 heterocycles. The molecule has 8 heteroatoms. The number of aromatic nitrogens is 3. The summed E-state index contributed by atoms with van der Waals surface area (Å²) in [5, 5.41) is 0. The van der Waals surface area contributed by atoms with Crippen LogP contribution in [0.2, 0.25) is 0 Å². The summed E-state index contributed by atoms with van der Waals surface area (Å²) in [6.45, 7) is 8.91. The standard InChI is InChI=1S/C18H29N5O3/c1-3-24-11-16-12-25-8-7-22(16)17-19-13(2)20-18(21-17)23-14-5-4-6-15(23)10-26-9-14/h14-16H,3-12H2,1-2H3. The first-order valence-corrected chi connectivity index (χ1v) is 9.77. The average Bonchev–Trinajstić information content (AvgIpc) is 2.65. The summed E-state index contributed by atoms with van der Waals surface area (Å²) in [6.07, 6.45) is 3.54. The molecule has 1 aromatic heterocycles. The van der Waals surface area contributed by atoms with E-state index < -0.39 is 0 Å². The van der Waals surface area contributed by atoms with Gasteiger partial charge in [0.1, 0.15) is 5.82 Å². The van der Waals surface area contributed by atoms with Gasteiger partial charge >= 0.3 is 0 Å². The first-order chi connectivity index (χ1) is 12.8. The van der Waals surface area contributed by atoms with Crippen molar-refractivity contribution in [2.75, 3.05) is 56.0 Å².